The van der Waals surface area contributed by atoms with E-state index in [0.717, 1.165) is 30.5 Å². The van der Waals surface area contributed by atoms with E-state index in [1.54, 1.807) is 34.9 Å². The number of hydrogen-bond acceptors (Lipinski definition) is 6. The third kappa shape index (κ3) is 3.40. The van der Waals surface area contributed by atoms with Crippen molar-refractivity contribution in [1.29, 1.82) is 0 Å². The van der Waals surface area contributed by atoms with Crippen molar-refractivity contribution in [2.24, 2.45) is 0 Å². The van der Waals surface area contributed by atoms with Gasteiger partial charge in [0, 0.05) is 23.4 Å². The molecule has 0 unspecified atom stereocenters. The molecule has 1 saturated heterocycles. The molecule has 1 aliphatic carbocycles. The van der Waals surface area contributed by atoms with E-state index >= 15 is 0 Å². The Morgan fingerprint density at radius 2 is 1.94 bits per heavy atom. The van der Waals surface area contributed by atoms with E-state index < -0.39 is 5.97 Å². The molecule has 0 atom stereocenters. The van der Waals surface area contributed by atoms with Gasteiger partial charge in [-0.15, -0.1) is 0 Å². The number of aromatic nitrogens is 2. The highest BCUT2D eigenvalue weighted by atomic mass is 79.9. The minimum absolute atomic E-state index is 0.0909. The first-order valence-electron chi connectivity index (χ1n) is 10.3. The minimum atomic E-state index is -0.587. The van der Waals surface area contributed by atoms with Crippen LogP contribution in [0, 0.1) is 0 Å². The lowest BCUT2D eigenvalue weighted by Crippen LogP contribution is -2.24. The fourth-order valence-corrected chi connectivity index (χ4v) is 4.77. The van der Waals surface area contributed by atoms with Crippen LogP contribution in [0.15, 0.2) is 41.1 Å². The highest BCUT2D eigenvalue weighted by Gasteiger charge is 2.39. The number of carbonyl (C=O) groups is 3. The van der Waals surface area contributed by atoms with Gasteiger partial charge in [0.1, 0.15) is 11.4 Å². The number of nitrogens with zero attached hydrogens (tertiary/aromatic N) is 3. The summed E-state index contributed by atoms with van der Waals surface area (Å²) in [5.74, 6) is -1.36. The summed E-state index contributed by atoms with van der Waals surface area (Å²) in [5.41, 5.74) is 1.15. The molecule has 31 heavy (non-hydrogen) atoms. The third-order valence-corrected chi connectivity index (χ3v) is 6.33. The van der Waals surface area contributed by atoms with Gasteiger partial charge in [-0.25, -0.2) is 4.79 Å². The SMILES string of the molecule is O=C1c2cccnc2C(=O)c2c1c(C(=O)OCCCN1CCCC1)c1ccc(Br)cn21. The van der Waals surface area contributed by atoms with E-state index in [1.807, 2.05) is 0 Å². The molecule has 0 bridgehead atoms. The fraction of sp³-hybridized carbons (Fsp3) is 0.304. The molecule has 0 spiro atoms. The lowest BCUT2D eigenvalue weighted by Gasteiger charge is -2.15. The molecule has 158 valence electrons. The molecule has 3 aromatic rings. The standard InChI is InChI=1S/C23H20BrN3O4/c24-14-6-7-16-17(23(30)31-12-4-11-26-9-1-2-10-26)18-20(27(16)13-14)22(29)19-15(21(18)28)5-3-8-25-19/h3,5-8,13H,1-2,4,9-12H2. The molecule has 0 aromatic carbocycles. The Balaban J connectivity index is 1.52. The predicted molar refractivity (Wildman–Crippen MR) is 117 cm³/mol. The van der Waals surface area contributed by atoms with Crippen LogP contribution >= 0.6 is 15.9 Å². The van der Waals surface area contributed by atoms with Crippen LogP contribution in [0.4, 0.5) is 0 Å². The highest BCUT2D eigenvalue weighted by molar-refractivity contribution is 9.10. The lowest BCUT2D eigenvalue weighted by atomic mass is 9.89. The van der Waals surface area contributed by atoms with Crippen molar-refractivity contribution in [3.63, 3.8) is 0 Å². The second-order valence-electron chi connectivity index (χ2n) is 7.80. The Bertz CT molecular complexity index is 1230. The van der Waals surface area contributed by atoms with E-state index in [1.165, 1.54) is 19.0 Å². The van der Waals surface area contributed by atoms with Gasteiger partial charge in [0.05, 0.1) is 28.8 Å². The van der Waals surface area contributed by atoms with Gasteiger partial charge in [-0.05, 0) is 72.5 Å². The highest BCUT2D eigenvalue weighted by Crippen LogP contribution is 2.34. The Morgan fingerprint density at radius 3 is 2.74 bits per heavy atom. The van der Waals surface area contributed by atoms with Crippen molar-refractivity contribution in [1.82, 2.24) is 14.3 Å². The zero-order valence-corrected chi connectivity index (χ0v) is 18.4. The number of halogens is 1. The normalized spacial score (nSPS) is 15.9. The summed E-state index contributed by atoms with van der Waals surface area (Å²) in [6, 6.07) is 6.65. The first kappa shape index (κ1) is 20.1. The number of ketones is 2. The summed E-state index contributed by atoms with van der Waals surface area (Å²) in [5, 5.41) is 0. The predicted octanol–water partition coefficient (Wildman–Crippen LogP) is 3.51. The van der Waals surface area contributed by atoms with E-state index in [4.69, 9.17) is 4.74 Å². The molecule has 4 heterocycles. The lowest BCUT2D eigenvalue weighted by molar-refractivity contribution is 0.0491. The van der Waals surface area contributed by atoms with Gasteiger partial charge in [-0.2, -0.15) is 0 Å². The summed E-state index contributed by atoms with van der Waals surface area (Å²) in [7, 11) is 0. The minimum Gasteiger partial charge on any atom is -0.462 e. The number of esters is 1. The maximum Gasteiger partial charge on any atom is 0.341 e. The van der Waals surface area contributed by atoms with Crippen LogP contribution in [0.3, 0.4) is 0 Å². The molecule has 0 saturated carbocycles. The van der Waals surface area contributed by atoms with Crippen molar-refractivity contribution in [3.05, 3.63) is 69.2 Å². The Kier molecular flexibility index (Phi) is 5.19. The van der Waals surface area contributed by atoms with Crippen LogP contribution in [-0.2, 0) is 4.74 Å². The van der Waals surface area contributed by atoms with Gasteiger partial charge in [0.15, 0.2) is 5.78 Å². The van der Waals surface area contributed by atoms with Crippen LogP contribution in [0.2, 0.25) is 0 Å². The summed E-state index contributed by atoms with van der Waals surface area (Å²) in [6.45, 7) is 3.32. The van der Waals surface area contributed by atoms with E-state index in [2.05, 4.69) is 25.8 Å². The van der Waals surface area contributed by atoms with Gasteiger partial charge in [-0.3, -0.25) is 14.6 Å². The van der Waals surface area contributed by atoms with Gasteiger partial charge >= 0.3 is 5.97 Å². The van der Waals surface area contributed by atoms with Gasteiger partial charge in [0.25, 0.3) is 0 Å². The summed E-state index contributed by atoms with van der Waals surface area (Å²) < 4.78 is 7.85. The quantitative estimate of drug-likeness (QED) is 0.320. The largest absolute Gasteiger partial charge is 0.462 e. The molecule has 0 radical (unpaired) electrons. The number of rotatable bonds is 5. The fourth-order valence-electron chi connectivity index (χ4n) is 4.43. The molecule has 3 aromatic heterocycles. The first-order valence-corrected chi connectivity index (χ1v) is 11.1. The maximum absolute atomic E-state index is 13.3. The topological polar surface area (TPSA) is 81.0 Å². The van der Waals surface area contributed by atoms with Crippen LogP contribution < -0.4 is 0 Å². The monoisotopic (exact) mass is 481 g/mol. The van der Waals surface area contributed by atoms with Crippen LogP contribution in [0.1, 0.15) is 61.7 Å². The molecule has 1 fully saturated rings. The third-order valence-electron chi connectivity index (χ3n) is 5.86. The molecular formula is C23H20BrN3O4. The van der Waals surface area contributed by atoms with Crippen molar-refractivity contribution in [2.75, 3.05) is 26.2 Å². The molecule has 1 aliphatic heterocycles. The van der Waals surface area contributed by atoms with Crippen molar-refractivity contribution in [2.45, 2.75) is 19.3 Å². The molecule has 8 heteroatoms. The number of carbonyl (C=O) groups excluding carboxylic acids is 3. The summed E-state index contributed by atoms with van der Waals surface area (Å²) in [6.07, 6.45) is 6.31. The Morgan fingerprint density at radius 1 is 1.13 bits per heavy atom. The van der Waals surface area contributed by atoms with Gasteiger partial charge in [0.2, 0.25) is 5.78 Å². The first-order chi connectivity index (χ1) is 15.1. The molecule has 7 nitrogen and oxygen atoms in total. The second-order valence-corrected chi connectivity index (χ2v) is 8.71. The average molecular weight is 482 g/mol. The molecular weight excluding hydrogens is 462 g/mol. The van der Waals surface area contributed by atoms with Gasteiger partial charge < -0.3 is 14.0 Å². The number of hydrogen-bond donors (Lipinski definition) is 0. The summed E-state index contributed by atoms with van der Waals surface area (Å²) >= 11 is 3.40. The molecule has 0 amide bonds. The zero-order valence-electron chi connectivity index (χ0n) is 16.8. The average Bonchev–Trinajstić information content (AvgIpc) is 3.41. The van der Waals surface area contributed by atoms with Crippen LogP contribution in [-0.4, -0.2) is 58.1 Å². The second kappa shape index (κ2) is 8.01. The number of ether oxygens (including phenoxy) is 1. The van der Waals surface area contributed by atoms with Crippen LogP contribution in [0.5, 0.6) is 0 Å². The molecule has 5 rings (SSSR count). The van der Waals surface area contributed by atoms with Crippen LogP contribution in [0.25, 0.3) is 5.52 Å². The summed E-state index contributed by atoms with van der Waals surface area (Å²) in [4.78, 5) is 46.1. The molecule has 0 N–H and O–H groups in total. The Labute approximate surface area is 187 Å². The van der Waals surface area contributed by atoms with E-state index in [0.29, 0.717) is 5.52 Å². The van der Waals surface area contributed by atoms with E-state index in [-0.39, 0.29) is 46.3 Å². The zero-order chi connectivity index (χ0) is 21.5. The number of likely N-dealkylation sites (tertiary alicyclic amines) is 1. The van der Waals surface area contributed by atoms with Crippen molar-refractivity contribution in [3.8, 4) is 0 Å². The molecule has 2 aliphatic rings. The van der Waals surface area contributed by atoms with Gasteiger partial charge in [-0.1, -0.05) is 0 Å². The van der Waals surface area contributed by atoms with Crippen molar-refractivity contribution < 1.29 is 19.1 Å². The number of pyridine rings is 2. The Hall–Kier alpha value is -2.84. The smallest absolute Gasteiger partial charge is 0.341 e. The van der Waals surface area contributed by atoms with Crippen molar-refractivity contribution >= 4 is 39.0 Å². The number of fused-ring (bicyclic) bond motifs is 4. The maximum atomic E-state index is 13.3. The van der Waals surface area contributed by atoms with E-state index in [9.17, 15) is 14.4 Å².